The molecule has 1 amide bonds. The number of carbonyl (C=O) groups excluding carboxylic acids is 1. The van der Waals surface area contributed by atoms with Gasteiger partial charge in [-0.15, -0.1) is 0 Å². The number of para-hydroxylation sites is 1. The van der Waals surface area contributed by atoms with E-state index in [0.29, 0.717) is 11.3 Å². The molecule has 0 radical (unpaired) electrons. The molecule has 0 fully saturated rings. The molecule has 7 heteroatoms. The average Bonchev–Trinajstić information content (AvgIpc) is 2.37. The van der Waals surface area contributed by atoms with Crippen molar-refractivity contribution in [3.8, 4) is 0 Å². The second-order valence-corrected chi connectivity index (χ2v) is 4.44. The molecule has 1 N–H and O–H groups in total. The van der Waals surface area contributed by atoms with Gasteiger partial charge in [0.25, 0.3) is 11.6 Å². The molecule has 0 aliphatic heterocycles. The Kier molecular flexibility index (Phi) is 3.95. The van der Waals surface area contributed by atoms with Gasteiger partial charge < -0.3 is 5.32 Å². The quantitative estimate of drug-likeness (QED) is 0.534. The predicted octanol–water partition coefficient (Wildman–Crippen LogP) is 3.20. The van der Waals surface area contributed by atoms with E-state index in [1.165, 1.54) is 18.3 Å². The monoisotopic (exact) mass is 291 g/mol. The van der Waals surface area contributed by atoms with Gasteiger partial charge in [-0.3, -0.25) is 14.9 Å². The zero-order valence-electron chi connectivity index (χ0n) is 10.5. The topological polar surface area (TPSA) is 85.1 Å². The van der Waals surface area contributed by atoms with Crippen LogP contribution in [-0.2, 0) is 0 Å². The molecule has 0 saturated carbocycles. The summed E-state index contributed by atoms with van der Waals surface area (Å²) in [4.78, 5) is 26.4. The van der Waals surface area contributed by atoms with E-state index in [2.05, 4.69) is 10.3 Å². The number of aryl methyl sites for hydroxylation is 1. The Morgan fingerprint density at radius 2 is 2.15 bits per heavy atom. The summed E-state index contributed by atoms with van der Waals surface area (Å²) in [6.07, 6.45) is 1.43. The van der Waals surface area contributed by atoms with Crippen molar-refractivity contribution in [2.75, 3.05) is 5.32 Å². The van der Waals surface area contributed by atoms with Gasteiger partial charge in [-0.1, -0.05) is 23.7 Å². The molecule has 0 unspecified atom stereocenters. The fraction of sp³-hybridized carbons (Fsp3) is 0.0769. The molecular formula is C13H10ClN3O3. The van der Waals surface area contributed by atoms with Crippen LogP contribution in [-0.4, -0.2) is 15.8 Å². The smallest absolute Gasteiger partial charge is 0.285 e. The SMILES string of the molecule is Cc1cccc(C(=O)Nc2ccnc(Cl)c2)c1[N+](=O)[O-]. The normalized spacial score (nSPS) is 10.1. The number of pyridine rings is 1. The molecule has 6 nitrogen and oxygen atoms in total. The van der Waals surface area contributed by atoms with Gasteiger partial charge in [0.15, 0.2) is 0 Å². The van der Waals surface area contributed by atoms with Crippen molar-refractivity contribution in [2.45, 2.75) is 6.92 Å². The lowest BCUT2D eigenvalue weighted by molar-refractivity contribution is -0.385. The highest BCUT2D eigenvalue weighted by Gasteiger charge is 2.22. The molecule has 102 valence electrons. The third-order valence-corrected chi connectivity index (χ3v) is 2.86. The number of nitrogens with one attached hydrogen (secondary N) is 1. The van der Waals surface area contributed by atoms with Crippen LogP contribution in [0.25, 0.3) is 0 Å². The number of amides is 1. The Morgan fingerprint density at radius 3 is 2.80 bits per heavy atom. The zero-order chi connectivity index (χ0) is 14.7. The van der Waals surface area contributed by atoms with Crippen LogP contribution < -0.4 is 5.32 Å². The summed E-state index contributed by atoms with van der Waals surface area (Å²) in [5.41, 5.74) is 0.648. The summed E-state index contributed by atoms with van der Waals surface area (Å²) in [7, 11) is 0. The van der Waals surface area contributed by atoms with Crippen LogP contribution in [0.15, 0.2) is 36.5 Å². The molecule has 1 aromatic carbocycles. The van der Waals surface area contributed by atoms with Crippen LogP contribution in [0.4, 0.5) is 11.4 Å². The highest BCUT2D eigenvalue weighted by atomic mass is 35.5. The molecule has 2 rings (SSSR count). The third kappa shape index (κ3) is 2.92. The number of hydrogen-bond acceptors (Lipinski definition) is 4. The van der Waals surface area contributed by atoms with Crippen LogP contribution in [0, 0.1) is 17.0 Å². The first-order chi connectivity index (χ1) is 9.49. The minimum Gasteiger partial charge on any atom is -0.322 e. The van der Waals surface area contributed by atoms with Crippen molar-refractivity contribution >= 4 is 28.9 Å². The van der Waals surface area contributed by atoms with Gasteiger partial charge in [0.05, 0.1) is 4.92 Å². The number of hydrogen-bond donors (Lipinski definition) is 1. The summed E-state index contributed by atoms with van der Waals surface area (Å²) in [6.45, 7) is 1.58. The predicted molar refractivity (Wildman–Crippen MR) is 75.0 cm³/mol. The van der Waals surface area contributed by atoms with E-state index in [4.69, 9.17) is 11.6 Å². The highest BCUT2D eigenvalue weighted by Crippen LogP contribution is 2.24. The Morgan fingerprint density at radius 1 is 1.40 bits per heavy atom. The number of nitro benzene ring substituents is 1. The molecule has 0 aliphatic rings. The van der Waals surface area contributed by atoms with Crippen molar-refractivity contribution in [3.63, 3.8) is 0 Å². The van der Waals surface area contributed by atoms with Gasteiger partial charge in [0.1, 0.15) is 10.7 Å². The first-order valence-corrected chi connectivity index (χ1v) is 6.04. The number of carbonyl (C=O) groups is 1. The number of anilines is 1. The second kappa shape index (κ2) is 5.66. The van der Waals surface area contributed by atoms with Gasteiger partial charge in [0.2, 0.25) is 0 Å². The van der Waals surface area contributed by atoms with Crippen LogP contribution >= 0.6 is 11.6 Å². The average molecular weight is 292 g/mol. The number of rotatable bonds is 3. The van der Waals surface area contributed by atoms with Gasteiger partial charge >= 0.3 is 0 Å². The van der Waals surface area contributed by atoms with Crippen LogP contribution in [0.5, 0.6) is 0 Å². The van der Waals surface area contributed by atoms with Gasteiger partial charge in [-0.2, -0.15) is 0 Å². The molecular weight excluding hydrogens is 282 g/mol. The van der Waals surface area contributed by atoms with E-state index in [1.807, 2.05) is 0 Å². The van der Waals surface area contributed by atoms with E-state index in [-0.39, 0.29) is 16.4 Å². The molecule has 0 saturated heterocycles. The minimum atomic E-state index is -0.567. The molecule has 0 spiro atoms. The van der Waals surface area contributed by atoms with Crippen LogP contribution in [0.2, 0.25) is 5.15 Å². The molecule has 0 aliphatic carbocycles. The van der Waals surface area contributed by atoms with Crippen LogP contribution in [0.1, 0.15) is 15.9 Å². The first kappa shape index (κ1) is 14.0. The maximum absolute atomic E-state index is 12.1. The molecule has 1 heterocycles. The number of benzene rings is 1. The Hall–Kier alpha value is -2.47. The number of nitro groups is 1. The fourth-order valence-corrected chi connectivity index (χ4v) is 1.94. The maximum Gasteiger partial charge on any atom is 0.285 e. The summed E-state index contributed by atoms with van der Waals surface area (Å²) < 4.78 is 0. The number of nitrogens with zero attached hydrogens (tertiary/aromatic N) is 2. The minimum absolute atomic E-state index is 0.00272. The number of halogens is 1. The summed E-state index contributed by atoms with van der Waals surface area (Å²) in [5.74, 6) is -0.567. The van der Waals surface area contributed by atoms with E-state index in [9.17, 15) is 14.9 Å². The third-order valence-electron chi connectivity index (χ3n) is 2.65. The van der Waals surface area contributed by atoms with Gasteiger partial charge in [-0.05, 0) is 25.1 Å². The second-order valence-electron chi connectivity index (χ2n) is 4.05. The fourth-order valence-electron chi connectivity index (χ4n) is 1.76. The highest BCUT2D eigenvalue weighted by molar-refractivity contribution is 6.29. The maximum atomic E-state index is 12.1. The van der Waals surface area contributed by atoms with Crippen molar-refractivity contribution in [3.05, 3.63) is 62.9 Å². The van der Waals surface area contributed by atoms with Crippen molar-refractivity contribution in [2.24, 2.45) is 0 Å². The standard InChI is InChI=1S/C13H10ClN3O3/c1-8-3-2-4-10(12(8)17(19)20)13(18)16-9-5-6-15-11(14)7-9/h2-7H,1H3,(H,15,16,18). The van der Waals surface area contributed by atoms with Crippen molar-refractivity contribution in [1.29, 1.82) is 0 Å². The van der Waals surface area contributed by atoms with Crippen molar-refractivity contribution < 1.29 is 9.72 Å². The largest absolute Gasteiger partial charge is 0.322 e. The molecule has 1 aromatic heterocycles. The van der Waals surface area contributed by atoms with E-state index in [0.717, 1.165) is 0 Å². The molecule has 20 heavy (non-hydrogen) atoms. The summed E-state index contributed by atoms with van der Waals surface area (Å²) in [6, 6.07) is 7.59. The Balaban J connectivity index is 2.35. The van der Waals surface area contributed by atoms with E-state index < -0.39 is 10.8 Å². The zero-order valence-corrected chi connectivity index (χ0v) is 11.2. The Labute approximate surface area is 119 Å². The van der Waals surface area contributed by atoms with E-state index in [1.54, 1.807) is 25.1 Å². The molecule has 0 atom stereocenters. The molecule has 2 aromatic rings. The van der Waals surface area contributed by atoms with Crippen molar-refractivity contribution in [1.82, 2.24) is 4.98 Å². The lowest BCUT2D eigenvalue weighted by Crippen LogP contribution is -2.14. The summed E-state index contributed by atoms with van der Waals surface area (Å²) in [5, 5.41) is 13.8. The first-order valence-electron chi connectivity index (χ1n) is 5.66. The number of aromatic nitrogens is 1. The summed E-state index contributed by atoms with van der Waals surface area (Å²) >= 11 is 5.71. The molecule has 0 bridgehead atoms. The van der Waals surface area contributed by atoms with Gasteiger partial charge in [0, 0.05) is 17.4 Å². The van der Waals surface area contributed by atoms with Gasteiger partial charge in [-0.25, -0.2) is 4.98 Å². The van der Waals surface area contributed by atoms with Crippen LogP contribution in [0.3, 0.4) is 0 Å². The lowest BCUT2D eigenvalue weighted by atomic mass is 10.1. The van der Waals surface area contributed by atoms with E-state index >= 15 is 0 Å². The lowest BCUT2D eigenvalue weighted by Gasteiger charge is -2.07. The Bertz CT molecular complexity index is 688.